The Kier molecular flexibility index (Phi) is 18.8. The molecule has 0 aromatic rings. The molecule has 0 heterocycles. The fourth-order valence-corrected chi connectivity index (χ4v) is 4.24. The van der Waals surface area contributed by atoms with Crippen molar-refractivity contribution in [1.29, 1.82) is 0 Å². The number of hydrogen-bond acceptors (Lipinski definition) is 8. The van der Waals surface area contributed by atoms with Gasteiger partial charge in [0, 0.05) is 46.6 Å². The summed E-state index contributed by atoms with van der Waals surface area (Å²) < 4.78 is 35.1. The van der Waals surface area contributed by atoms with Gasteiger partial charge in [0.1, 0.15) is 0 Å². The number of aliphatic hydroxyl groups excluding tert-OH is 1. The number of aliphatic hydroxyl groups is 1. The summed E-state index contributed by atoms with van der Waals surface area (Å²) in [6, 6.07) is 0. The first-order valence-corrected chi connectivity index (χ1v) is 10.7. The van der Waals surface area contributed by atoms with Crippen molar-refractivity contribution in [3.8, 4) is 0 Å². The maximum Gasteiger partial charge on any atom is 0.683 e. The van der Waals surface area contributed by atoms with E-state index in [9.17, 15) is 0 Å². The van der Waals surface area contributed by atoms with E-state index in [1.165, 1.54) is 0 Å². The highest BCUT2D eigenvalue weighted by Crippen LogP contribution is 2.29. The first-order valence-electron chi connectivity index (χ1n) is 9.12. The van der Waals surface area contributed by atoms with Gasteiger partial charge in [-0.15, -0.1) is 0 Å². The van der Waals surface area contributed by atoms with Crippen LogP contribution >= 0.6 is 0 Å². The summed E-state index contributed by atoms with van der Waals surface area (Å²) in [5, 5.41) is 7.00. The van der Waals surface area contributed by atoms with E-state index in [-0.39, 0.29) is 0 Å². The normalized spacial score (nSPS) is 12.0. The van der Waals surface area contributed by atoms with Gasteiger partial charge in [0.15, 0.2) is 0 Å². The molecule has 0 aliphatic heterocycles. The molecule has 0 fully saturated rings. The summed E-state index contributed by atoms with van der Waals surface area (Å²) in [5.74, 6) is -1.23. The molecule has 0 bridgehead atoms. The molecule has 0 aliphatic rings. The second-order valence-electron chi connectivity index (χ2n) is 4.70. The van der Waals surface area contributed by atoms with E-state index >= 15 is 0 Å². The maximum absolute atomic E-state index is 7.00. The third-order valence-electron chi connectivity index (χ3n) is 2.91. The van der Waals surface area contributed by atoms with Crippen molar-refractivity contribution in [2.45, 2.75) is 59.9 Å². The monoisotopic (exact) mass is 385 g/mol. The molecule has 0 saturated heterocycles. The standard InChI is InChI=1S/C15H35NO6Si.CH4O/c1-6-17-15(18-7-2,13-11-12-14-16)22-23(19-8-3,20-9-4)21-10-5;1-2/h6-14,16H2,1-5H3;2H,1H3. The van der Waals surface area contributed by atoms with Crippen molar-refractivity contribution in [2.24, 2.45) is 5.73 Å². The zero-order valence-corrected chi connectivity index (χ0v) is 17.8. The molecule has 0 aromatic heterocycles. The van der Waals surface area contributed by atoms with E-state index in [2.05, 4.69) is 0 Å². The Labute approximate surface area is 154 Å². The molecule has 154 valence electrons. The minimum absolute atomic E-state index is 0.420. The summed E-state index contributed by atoms with van der Waals surface area (Å²) in [6.45, 7) is 12.2. The van der Waals surface area contributed by atoms with E-state index in [0.29, 0.717) is 46.0 Å². The van der Waals surface area contributed by atoms with E-state index in [1.54, 1.807) is 0 Å². The third kappa shape index (κ3) is 11.3. The lowest BCUT2D eigenvalue weighted by molar-refractivity contribution is -0.367. The van der Waals surface area contributed by atoms with E-state index in [1.807, 2.05) is 34.6 Å². The number of hydrogen-bond donors (Lipinski definition) is 2. The van der Waals surface area contributed by atoms with Crippen LogP contribution in [0.1, 0.15) is 53.9 Å². The maximum atomic E-state index is 7.00. The van der Waals surface area contributed by atoms with Crippen molar-refractivity contribution in [2.75, 3.05) is 46.7 Å². The van der Waals surface area contributed by atoms with E-state index in [0.717, 1.165) is 20.0 Å². The Hall–Kier alpha value is -0.103. The van der Waals surface area contributed by atoms with Gasteiger partial charge in [-0.3, -0.25) is 4.43 Å². The molecule has 0 radical (unpaired) electrons. The first-order chi connectivity index (χ1) is 12.1. The fourth-order valence-electron chi connectivity index (χ4n) is 2.16. The smallest absolute Gasteiger partial charge is 0.400 e. The largest absolute Gasteiger partial charge is 0.683 e. The van der Waals surface area contributed by atoms with Gasteiger partial charge < -0.3 is 33.6 Å². The Morgan fingerprint density at radius 1 is 0.760 bits per heavy atom. The van der Waals surface area contributed by atoms with Crippen molar-refractivity contribution in [3.05, 3.63) is 0 Å². The van der Waals surface area contributed by atoms with Gasteiger partial charge in [-0.2, -0.15) is 0 Å². The van der Waals surface area contributed by atoms with Gasteiger partial charge in [-0.05, 0) is 54.0 Å². The Morgan fingerprint density at radius 2 is 1.20 bits per heavy atom. The SMILES string of the molecule is CCOC(CCCCN)(OCC)O[Si](OCC)(OCC)OCC.CO. The van der Waals surface area contributed by atoms with Gasteiger partial charge in [-0.25, -0.2) is 0 Å². The summed E-state index contributed by atoms with van der Waals surface area (Å²) in [5.41, 5.74) is 5.59. The van der Waals surface area contributed by atoms with E-state index in [4.69, 9.17) is 38.0 Å². The van der Waals surface area contributed by atoms with Crippen molar-refractivity contribution < 1.29 is 32.3 Å². The third-order valence-corrected chi connectivity index (χ3v) is 5.40. The molecule has 0 amide bonds. The zero-order valence-electron chi connectivity index (χ0n) is 16.8. The molecule has 0 spiro atoms. The zero-order chi connectivity index (χ0) is 19.6. The van der Waals surface area contributed by atoms with Crippen LogP contribution in [0.3, 0.4) is 0 Å². The lowest BCUT2D eigenvalue weighted by Crippen LogP contribution is -2.57. The van der Waals surface area contributed by atoms with E-state index < -0.39 is 15.0 Å². The van der Waals surface area contributed by atoms with Crippen LogP contribution in [0.2, 0.25) is 0 Å². The molecule has 0 unspecified atom stereocenters. The highest BCUT2D eigenvalue weighted by atomic mass is 28.4. The predicted octanol–water partition coefficient (Wildman–Crippen LogP) is 2.01. The van der Waals surface area contributed by atoms with Gasteiger partial charge in [0.2, 0.25) is 0 Å². The minimum atomic E-state index is -3.35. The molecule has 9 heteroatoms. The molecular formula is C16H39NO7Si. The van der Waals surface area contributed by atoms with Crippen LogP contribution in [-0.4, -0.2) is 66.8 Å². The Bertz CT molecular complexity index is 262. The van der Waals surface area contributed by atoms with Crippen LogP contribution in [0, 0.1) is 0 Å². The fraction of sp³-hybridized carbons (Fsp3) is 1.00. The molecule has 25 heavy (non-hydrogen) atoms. The minimum Gasteiger partial charge on any atom is -0.400 e. The lowest BCUT2D eigenvalue weighted by Gasteiger charge is -2.38. The average molecular weight is 386 g/mol. The predicted molar refractivity (Wildman–Crippen MR) is 98.7 cm³/mol. The summed E-state index contributed by atoms with van der Waals surface area (Å²) in [6.07, 6.45) is 2.21. The van der Waals surface area contributed by atoms with Gasteiger partial charge in [0.25, 0.3) is 5.97 Å². The van der Waals surface area contributed by atoms with Crippen LogP contribution in [0.5, 0.6) is 0 Å². The highest BCUT2D eigenvalue weighted by molar-refractivity contribution is 6.53. The average Bonchev–Trinajstić information content (AvgIpc) is 2.58. The summed E-state index contributed by atoms with van der Waals surface area (Å²) in [7, 11) is -2.35. The van der Waals surface area contributed by atoms with Gasteiger partial charge in [0.05, 0.1) is 0 Å². The van der Waals surface area contributed by atoms with Crippen molar-refractivity contribution >= 4 is 9.05 Å². The Balaban J connectivity index is 0. The molecule has 0 aliphatic carbocycles. The second kappa shape index (κ2) is 17.3. The number of unbranched alkanes of at least 4 members (excludes halogenated alkanes) is 1. The van der Waals surface area contributed by atoms with Crippen LogP contribution in [0.4, 0.5) is 0 Å². The molecule has 0 rings (SSSR count). The van der Waals surface area contributed by atoms with Gasteiger partial charge in [-0.1, -0.05) is 0 Å². The van der Waals surface area contributed by atoms with Crippen LogP contribution in [-0.2, 0) is 27.2 Å². The first kappa shape index (κ1) is 27.1. The number of rotatable bonds is 16. The molecule has 0 aromatic carbocycles. The molecule has 8 nitrogen and oxygen atoms in total. The summed E-state index contributed by atoms with van der Waals surface area (Å²) in [4.78, 5) is 0. The van der Waals surface area contributed by atoms with Crippen LogP contribution < -0.4 is 5.73 Å². The second-order valence-corrected chi connectivity index (χ2v) is 6.77. The molecular weight excluding hydrogens is 346 g/mol. The topological polar surface area (TPSA) is 102 Å². The number of ether oxygens (including phenoxy) is 2. The molecule has 3 N–H and O–H groups in total. The number of nitrogens with two attached hydrogens (primary N) is 1. The molecule has 0 saturated carbocycles. The van der Waals surface area contributed by atoms with Crippen LogP contribution in [0.15, 0.2) is 0 Å². The van der Waals surface area contributed by atoms with Gasteiger partial charge >= 0.3 is 9.05 Å². The quantitative estimate of drug-likeness (QED) is 0.236. The van der Waals surface area contributed by atoms with Crippen molar-refractivity contribution in [3.63, 3.8) is 0 Å². The lowest BCUT2D eigenvalue weighted by atomic mass is 10.2. The highest BCUT2D eigenvalue weighted by Gasteiger charge is 2.53. The summed E-state index contributed by atoms with van der Waals surface area (Å²) >= 11 is 0. The molecule has 0 atom stereocenters. The van der Waals surface area contributed by atoms with Crippen LogP contribution in [0.25, 0.3) is 0 Å². The van der Waals surface area contributed by atoms with Crippen molar-refractivity contribution in [1.82, 2.24) is 0 Å². The Morgan fingerprint density at radius 3 is 1.52 bits per heavy atom.